The summed E-state index contributed by atoms with van der Waals surface area (Å²) < 4.78 is 0. The van der Waals surface area contributed by atoms with E-state index in [0.717, 1.165) is 11.3 Å². The van der Waals surface area contributed by atoms with E-state index < -0.39 is 11.9 Å². The van der Waals surface area contributed by atoms with Gasteiger partial charge in [0.05, 0.1) is 0 Å². The van der Waals surface area contributed by atoms with E-state index in [1.54, 1.807) is 53.9 Å². The van der Waals surface area contributed by atoms with Gasteiger partial charge in [0.1, 0.15) is 10.6 Å². The number of carboxylic acids is 1. The van der Waals surface area contributed by atoms with Gasteiger partial charge in [0.15, 0.2) is 0 Å². The second-order valence-electron chi connectivity index (χ2n) is 5.88. The summed E-state index contributed by atoms with van der Waals surface area (Å²) in [5, 5.41) is 17.4. The first-order valence-electron chi connectivity index (χ1n) is 8.15. The van der Waals surface area contributed by atoms with Crippen molar-refractivity contribution in [1.29, 1.82) is 0 Å². The molecule has 0 saturated carbocycles. The highest BCUT2D eigenvalue weighted by molar-refractivity contribution is 7.15. The number of nitrogens with one attached hydrogen (secondary N) is 2. The van der Waals surface area contributed by atoms with Crippen molar-refractivity contribution in [2.24, 2.45) is 0 Å². The summed E-state index contributed by atoms with van der Waals surface area (Å²) in [6, 6.07) is 13.1. The van der Waals surface area contributed by atoms with E-state index >= 15 is 0 Å². The summed E-state index contributed by atoms with van der Waals surface area (Å²) >= 11 is 7.02. The number of aromatic carboxylic acids is 1. The third-order valence-electron chi connectivity index (χ3n) is 3.85. The monoisotopic (exact) mass is 414 g/mol. The van der Waals surface area contributed by atoms with Crippen molar-refractivity contribution in [1.82, 2.24) is 0 Å². The zero-order chi connectivity index (χ0) is 20.3. The first kappa shape index (κ1) is 19.6. The topological polar surface area (TPSA) is 95.5 Å². The van der Waals surface area contributed by atoms with E-state index in [1.165, 1.54) is 6.92 Å². The summed E-state index contributed by atoms with van der Waals surface area (Å²) in [7, 11) is 0. The highest BCUT2D eigenvalue weighted by Crippen LogP contribution is 2.36. The molecule has 0 aliphatic heterocycles. The molecular weight excluding hydrogens is 400 g/mol. The maximum absolute atomic E-state index is 12.5. The van der Waals surface area contributed by atoms with Crippen molar-refractivity contribution in [3.8, 4) is 11.1 Å². The molecule has 0 radical (unpaired) electrons. The van der Waals surface area contributed by atoms with Gasteiger partial charge in [-0.25, -0.2) is 4.79 Å². The Morgan fingerprint density at radius 1 is 0.964 bits per heavy atom. The van der Waals surface area contributed by atoms with Gasteiger partial charge in [0.25, 0.3) is 5.91 Å². The minimum absolute atomic E-state index is 0.0236. The quantitative estimate of drug-likeness (QED) is 0.548. The van der Waals surface area contributed by atoms with Crippen LogP contribution in [0.1, 0.15) is 27.6 Å². The number of carbonyl (C=O) groups excluding carboxylic acids is 2. The third kappa shape index (κ3) is 4.39. The van der Waals surface area contributed by atoms with Gasteiger partial charge >= 0.3 is 5.97 Å². The summed E-state index contributed by atoms with van der Waals surface area (Å²) in [5.41, 5.74) is 2.13. The minimum Gasteiger partial charge on any atom is -0.478 e. The number of thiophene rings is 1. The van der Waals surface area contributed by atoms with Crippen LogP contribution in [-0.4, -0.2) is 22.9 Å². The SMILES string of the molecule is CC(=O)Nc1ccc(C(=O)Nc2scc(-c3ccc(Cl)cc3)c2C(=O)O)cc1. The predicted octanol–water partition coefficient (Wildman–Crippen LogP) is 4.98. The lowest BCUT2D eigenvalue weighted by molar-refractivity contribution is -0.114. The predicted molar refractivity (Wildman–Crippen MR) is 110 cm³/mol. The molecule has 0 saturated heterocycles. The van der Waals surface area contributed by atoms with Crippen molar-refractivity contribution < 1.29 is 19.5 Å². The number of carbonyl (C=O) groups is 3. The molecule has 6 nitrogen and oxygen atoms in total. The summed E-state index contributed by atoms with van der Waals surface area (Å²) in [5.74, 6) is -1.79. The fraction of sp³-hybridized carbons (Fsp3) is 0.0500. The Bertz CT molecular complexity index is 1040. The highest BCUT2D eigenvalue weighted by Gasteiger charge is 2.21. The van der Waals surface area contributed by atoms with Crippen molar-refractivity contribution in [3.05, 3.63) is 70.1 Å². The van der Waals surface area contributed by atoms with Crippen LogP contribution < -0.4 is 10.6 Å². The van der Waals surface area contributed by atoms with E-state index in [2.05, 4.69) is 10.6 Å². The first-order chi connectivity index (χ1) is 13.3. The number of anilines is 2. The molecule has 0 aliphatic carbocycles. The number of hydrogen-bond donors (Lipinski definition) is 3. The van der Waals surface area contributed by atoms with Gasteiger partial charge in [-0.3, -0.25) is 9.59 Å². The number of carboxylic acid groups (broad SMARTS) is 1. The van der Waals surface area contributed by atoms with Crippen molar-refractivity contribution in [2.45, 2.75) is 6.92 Å². The molecule has 142 valence electrons. The lowest BCUT2D eigenvalue weighted by Crippen LogP contribution is -2.14. The molecule has 3 rings (SSSR count). The Hall–Kier alpha value is -3.16. The van der Waals surface area contributed by atoms with E-state index in [9.17, 15) is 19.5 Å². The van der Waals surface area contributed by atoms with Crippen LogP contribution in [0.4, 0.5) is 10.7 Å². The number of rotatable bonds is 5. The van der Waals surface area contributed by atoms with Crippen LogP contribution in [0.3, 0.4) is 0 Å². The first-order valence-corrected chi connectivity index (χ1v) is 9.40. The van der Waals surface area contributed by atoms with Gasteiger partial charge in [-0.05, 0) is 42.0 Å². The fourth-order valence-electron chi connectivity index (χ4n) is 2.59. The Balaban J connectivity index is 1.86. The molecule has 0 fully saturated rings. The Kier molecular flexibility index (Phi) is 5.77. The van der Waals surface area contributed by atoms with Crippen molar-refractivity contribution >= 4 is 51.4 Å². The van der Waals surface area contributed by atoms with E-state index in [0.29, 0.717) is 27.4 Å². The van der Waals surface area contributed by atoms with E-state index in [-0.39, 0.29) is 16.5 Å². The van der Waals surface area contributed by atoms with Crippen LogP contribution in [0.25, 0.3) is 11.1 Å². The van der Waals surface area contributed by atoms with E-state index in [4.69, 9.17) is 11.6 Å². The molecular formula is C20H15ClN2O4S. The molecule has 3 N–H and O–H groups in total. The smallest absolute Gasteiger partial charge is 0.339 e. The molecule has 0 aliphatic rings. The lowest BCUT2D eigenvalue weighted by Gasteiger charge is -2.07. The maximum atomic E-state index is 12.5. The highest BCUT2D eigenvalue weighted by atomic mass is 35.5. The molecule has 2 amide bonds. The zero-order valence-electron chi connectivity index (χ0n) is 14.7. The number of benzene rings is 2. The van der Waals surface area contributed by atoms with Crippen molar-refractivity contribution in [2.75, 3.05) is 10.6 Å². The largest absolute Gasteiger partial charge is 0.478 e. The van der Waals surface area contributed by atoms with Gasteiger partial charge in [-0.15, -0.1) is 11.3 Å². The molecule has 2 aromatic carbocycles. The van der Waals surface area contributed by atoms with E-state index in [1.807, 2.05) is 0 Å². The Labute approximate surface area is 169 Å². The normalized spacial score (nSPS) is 10.4. The molecule has 1 aromatic heterocycles. The molecule has 28 heavy (non-hydrogen) atoms. The standard InChI is InChI=1S/C20H15ClN2O4S/c1-11(24)22-15-8-4-13(5-9-15)18(25)23-19-17(20(26)27)16(10-28-19)12-2-6-14(21)7-3-12/h2-10H,1H3,(H,22,24)(H,23,25)(H,26,27). The number of halogens is 1. The minimum atomic E-state index is -1.14. The van der Waals surface area contributed by atoms with Crippen LogP contribution in [0.15, 0.2) is 53.9 Å². The average molecular weight is 415 g/mol. The second-order valence-corrected chi connectivity index (χ2v) is 7.19. The number of hydrogen-bond acceptors (Lipinski definition) is 4. The van der Waals surface area contributed by atoms with Crippen LogP contribution >= 0.6 is 22.9 Å². The Morgan fingerprint density at radius 3 is 2.18 bits per heavy atom. The van der Waals surface area contributed by atoms with Gasteiger partial charge in [0, 0.05) is 34.1 Å². The van der Waals surface area contributed by atoms with Gasteiger partial charge in [-0.1, -0.05) is 23.7 Å². The summed E-state index contributed by atoms with van der Waals surface area (Å²) in [4.78, 5) is 35.4. The summed E-state index contributed by atoms with van der Waals surface area (Å²) in [6.45, 7) is 1.39. The number of amides is 2. The molecule has 0 bridgehead atoms. The van der Waals surface area contributed by atoms with Crippen LogP contribution in [-0.2, 0) is 4.79 Å². The van der Waals surface area contributed by atoms with Gasteiger partial charge < -0.3 is 15.7 Å². The fourth-order valence-corrected chi connectivity index (χ4v) is 3.67. The maximum Gasteiger partial charge on any atom is 0.339 e. The molecule has 3 aromatic rings. The Morgan fingerprint density at radius 2 is 1.61 bits per heavy atom. The molecule has 0 spiro atoms. The third-order valence-corrected chi connectivity index (χ3v) is 5.00. The molecule has 8 heteroatoms. The van der Waals surface area contributed by atoms with Gasteiger partial charge in [-0.2, -0.15) is 0 Å². The van der Waals surface area contributed by atoms with Crippen molar-refractivity contribution in [3.63, 3.8) is 0 Å². The summed E-state index contributed by atoms with van der Waals surface area (Å²) in [6.07, 6.45) is 0. The molecule has 1 heterocycles. The van der Waals surface area contributed by atoms with Crippen LogP contribution in [0, 0.1) is 0 Å². The van der Waals surface area contributed by atoms with Gasteiger partial charge in [0.2, 0.25) is 5.91 Å². The molecule has 0 unspecified atom stereocenters. The second kappa shape index (κ2) is 8.24. The molecule has 0 atom stereocenters. The van der Waals surface area contributed by atoms with Crippen LogP contribution in [0.5, 0.6) is 0 Å². The van der Waals surface area contributed by atoms with Crippen LogP contribution in [0.2, 0.25) is 5.02 Å². The lowest BCUT2D eigenvalue weighted by atomic mass is 10.0. The zero-order valence-corrected chi connectivity index (χ0v) is 16.2. The average Bonchev–Trinajstić information content (AvgIpc) is 3.06.